The van der Waals surface area contributed by atoms with Gasteiger partial charge in [0.15, 0.2) is 11.5 Å². The van der Waals surface area contributed by atoms with E-state index in [9.17, 15) is 10.1 Å². The molecule has 5 nitrogen and oxygen atoms in total. The Kier molecular flexibility index (Phi) is 8.33. The molecule has 0 heterocycles. The molecule has 0 spiro atoms. The van der Waals surface area contributed by atoms with Crippen LogP contribution in [0.4, 0.5) is 0 Å². The van der Waals surface area contributed by atoms with Crippen molar-refractivity contribution >= 4 is 50.5 Å². The van der Waals surface area contributed by atoms with E-state index < -0.39 is 5.91 Å². The van der Waals surface area contributed by atoms with Crippen LogP contribution in [0.2, 0.25) is 0 Å². The SMILES string of the molecule is COc1cc(/C=C(/C#N)C(=O)NC(C)C)cc(Br)c1OCc1ccc(I)cc1. The molecule has 1 N–H and O–H groups in total. The first-order valence-corrected chi connectivity index (χ1v) is 10.4. The van der Waals surface area contributed by atoms with Crippen LogP contribution in [0, 0.1) is 14.9 Å². The third kappa shape index (κ3) is 6.24. The van der Waals surface area contributed by atoms with E-state index in [0.29, 0.717) is 28.1 Å². The van der Waals surface area contributed by atoms with Crippen molar-refractivity contribution in [3.05, 3.63) is 61.1 Å². The predicted molar refractivity (Wildman–Crippen MR) is 121 cm³/mol. The highest BCUT2D eigenvalue weighted by Crippen LogP contribution is 2.37. The van der Waals surface area contributed by atoms with Gasteiger partial charge in [-0.1, -0.05) is 12.1 Å². The fraction of sp³-hybridized carbons (Fsp3) is 0.238. The van der Waals surface area contributed by atoms with E-state index in [-0.39, 0.29) is 11.6 Å². The van der Waals surface area contributed by atoms with E-state index in [0.717, 1.165) is 9.13 Å². The number of nitriles is 1. The summed E-state index contributed by atoms with van der Waals surface area (Å²) in [6.07, 6.45) is 1.52. The molecular weight excluding hydrogens is 535 g/mol. The standard InChI is InChI=1S/C21H20BrIN2O3/c1-13(2)25-21(26)16(11-24)8-15-9-18(22)20(19(10-15)27-3)28-12-14-4-6-17(23)7-5-14/h4-10,13H,12H2,1-3H3,(H,25,26)/b16-8-. The molecule has 0 atom stereocenters. The fourth-order valence-corrected chi connectivity index (χ4v) is 3.29. The van der Waals surface area contributed by atoms with Gasteiger partial charge in [0.2, 0.25) is 0 Å². The highest BCUT2D eigenvalue weighted by atomic mass is 127. The number of hydrogen-bond donors (Lipinski definition) is 1. The van der Waals surface area contributed by atoms with Gasteiger partial charge in [-0.15, -0.1) is 0 Å². The Morgan fingerprint density at radius 1 is 1.32 bits per heavy atom. The number of ether oxygens (including phenoxy) is 2. The zero-order valence-corrected chi connectivity index (χ0v) is 19.5. The number of amides is 1. The summed E-state index contributed by atoms with van der Waals surface area (Å²) >= 11 is 5.75. The summed E-state index contributed by atoms with van der Waals surface area (Å²) in [5.74, 6) is 0.655. The largest absolute Gasteiger partial charge is 0.493 e. The minimum absolute atomic E-state index is 0.0233. The number of nitrogens with one attached hydrogen (secondary N) is 1. The average molecular weight is 555 g/mol. The van der Waals surface area contributed by atoms with E-state index in [1.165, 1.54) is 6.08 Å². The predicted octanol–water partition coefficient (Wildman–Crippen LogP) is 5.07. The molecule has 0 bridgehead atoms. The lowest BCUT2D eigenvalue weighted by Gasteiger charge is -2.14. The van der Waals surface area contributed by atoms with Gasteiger partial charge in [0.05, 0.1) is 11.6 Å². The first-order valence-electron chi connectivity index (χ1n) is 8.51. The summed E-state index contributed by atoms with van der Waals surface area (Å²) in [5, 5.41) is 12.0. The lowest BCUT2D eigenvalue weighted by Crippen LogP contribution is -2.30. The number of methoxy groups -OCH3 is 1. The molecule has 146 valence electrons. The lowest BCUT2D eigenvalue weighted by atomic mass is 10.1. The molecule has 0 unspecified atom stereocenters. The molecular formula is C21H20BrIN2O3. The highest BCUT2D eigenvalue weighted by Gasteiger charge is 2.14. The second-order valence-electron chi connectivity index (χ2n) is 6.25. The minimum Gasteiger partial charge on any atom is -0.493 e. The van der Waals surface area contributed by atoms with Crippen LogP contribution in [0.1, 0.15) is 25.0 Å². The fourth-order valence-electron chi connectivity index (χ4n) is 2.35. The van der Waals surface area contributed by atoms with Crippen LogP contribution in [-0.4, -0.2) is 19.1 Å². The maximum atomic E-state index is 12.1. The third-order valence-corrected chi connectivity index (χ3v) is 4.95. The Hall–Kier alpha value is -2.05. The third-order valence-electron chi connectivity index (χ3n) is 3.64. The Balaban J connectivity index is 2.27. The van der Waals surface area contributed by atoms with Crippen molar-refractivity contribution in [2.45, 2.75) is 26.5 Å². The van der Waals surface area contributed by atoms with E-state index in [4.69, 9.17) is 9.47 Å². The number of carbonyl (C=O) groups is 1. The summed E-state index contributed by atoms with van der Waals surface area (Å²) in [6, 6.07) is 13.4. The van der Waals surface area contributed by atoms with Crippen molar-refractivity contribution in [3.63, 3.8) is 0 Å². The molecule has 2 aromatic rings. The van der Waals surface area contributed by atoms with E-state index >= 15 is 0 Å². The van der Waals surface area contributed by atoms with E-state index in [1.807, 2.05) is 44.2 Å². The van der Waals surface area contributed by atoms with Gasteiger partial charge >= 0.3 is 0 Å². The van der Waals surface area contributed by atoms with Crippen LogP contribution in [0.25, 0.3) is 6.08 Å². The molecule has 1 amide bonds. The van der Waals surface area contributed by atoms with Crippen LogP contribution in [0.5, 0.6) is 11.5 Å². The Morgan fingerprint density at radius 3 is 2.57 bits per heavy atom. The summed E-state index contributed by atoms with van der Waals surface area (Å²) in [5.41, 5.74) is 1.71. The van der Waals surface area contributed by atoms with Crippen LogP contribution in [-0.2, 0) is 11.4 Å². The maximum Gasteiger partial charge on any atom is 0.262 e. The number of rotatable bonds is 7. The molecule has 7 heteroatoms. The molecule has 0 aliphatic heterocycles. The van der Waals surface area contributed by atoms with Crippen LogP contribution >= 0.6 is 38.5 Å². The van der Waals surface area contributed by atoms with Gasteiger partial charge in [0.1, 0.15) is 18.2 Å². The second-order valence-corrected chi connectivity index (χ2v) is 8.35. The molecule has 0 aromatic heterocycles. The molecule has 0 saturated heterocycles. The van der Waals surface area contributed by atoms with Crippen molar-refractivity contribution < 1.29 is 14.3 Å². The van der Waals surface area contributed by atoms with Gasteiger partial charge in [-0.25, -0.2) is 0 Å². The number of nitrogens with zero attached hydrogens (tertiary/aromatic N) is 1. The highest BCUT2D eigenvalue weighted by molar-refractivity contribution is 14.1. The summed E-state index contributed by atoms with van der Waals surface area (Å²) < 4.78 is 13.2. The summed E-state index contributed by atoms with van der Waals surface area (Å²) in [7, 11) is 1.55. The molecule has 0 aliphatic rings. The smallest absolute Gasteiger partial charge is 0.262 e. The quantitative estimate of drug-likeness (QED) is 0.294. The summed E-state index contributed by atoms with van der Waals surface area (Å²) in [4.78, 5) is 12.1. The number of halogens is 2. The van der Waals surface area contributed by atoms with Crippen LogP contribution < -0.4 is 14.8 Å². The zero-order valence-electron chi connectivity index (χ0n) is 15.8. The molecule has 0 saturated carbocycles. The molecule has 28 heavy (non-hydrogen) atoms. The first kappa shape index (κ1) is 22.2. The normalized spacial score (nSPS) is 11.1. The van der Waals surface area contributed by atoms with Crippen molar-refractivity contribution in [1.82, 2.24) is 5.32 Å². The summed E-state index contributed by atoms with van der Waals surface area (Å²) in [6.45, 7) is 4.07. The molecule has 2 aromatic carbocycles. The second kappa shape index (κ2) is 10.5. The van der Waals surface area contributed by atoms with Gasteiger partial charge in [0.25, 0.3) is 5.91 Å². The van der Waals surface area contributed by atoms with Crippen LogP contribution in [0.3, 0.4) is 0 Å². The number of hydrogen-bond acceptors (Lipinski definition) is 4. The Bertz CT molecular complexity index is 918. The van der Waals surface area contributed by atoms with Gasteiger partial charge in [-0.3, -0.25) is 4.79 Å². The minimum atomic E-state index is -0.411. The van der Waals surface area contributed by atoms with Gasteiger partial charge in [0, 0.05) is 9.61 Å². The topological polar surface area (TPSA) is 71.3 Å². The van der Waals surface area contributed by atoms with Crippen LogP contribution in [0.15, 0.2) is 46.4 Å². The molecule has 2 rings (SSSR count). The first-order chi connectivity index (χ1) is 13.3. The lowest BCUT2D eigenvalue weighted by molar-refractivity contribution is -0.117. The molecule has 0 radical (unpaired) electrons. The Labute approximate surface area is 187 Å². The molecule has 0 aliphatic carbocycles. The maximum absolute atomic E-state index is 12.1. The van der Waals surface area contributed by atoms with E-state index in [1.54, 1.807) is 19.2 Å². The van der Waals surface area contributed by atoms with Crippen molar-refractivity contribution in [3.8, 4) is 17.6 Å². The van der Waals surface area contributed by atoms with Gasteiger partial charge in [-0.05, 0) is 93.8 Å². The monoisotopic (exact) mass is 554 g/mol. The van der Waals surface area contributed by atoms with Crippen molar-refractivity contribution in [1.29, 1.82) is 5.26 Å². The number of carbonyl (C=O) groups excluding carboxylic acids is 1. The zero-order chi connectivity index (χ0) is 20.7. The number of benzene rings is 2. The van der Waals surface area contributed by atoms with Gasteiger partial charge < -0.3 is 14.8 Å². The Morgan fingerprint density at radius 2 is 2.00 bits per heavy atom. The van der Waals surface area contributed by atoms with E-state index in [2.05, 4.69) is 43.8 Å². The molecule has 0 fully saturated rings. The van der Waals surface area contributed by atoms with Crippen molar-refractivity contribution in [2.75, 3.05) is 7.11 Å². The average Bonchev–Trinajstić information content (AvgIpc) is 2.65. The van der Waals surface area contributed by atoms with Crippen molar-refractivity contribution in [2.24, 2.45) is 0 Å². The van der Waals surface area contributed by atoms with Gasteiger partial charge in [-0.2, -0.15) is 5.26 Å².